The number of hydrogen-bond donors (Lipinski definition) is 1. The van der Waals surface area contributed by atoms with Crippen molar-refractivity contribution in [1.29, 1.82) is 0 Å². The van der Waals surface area contributed by atoms with Crippen LogP contribution in [0.1, 0.15) is 6.42 Å². The summed E-state index contributed by atoms with van der Waals surface area (Å²) in [7, 11) is 0. The van der Waals surface area contributed by atoms with E-state index in [9.17, 15) is 9.59 Å². The number of carboxylic acid groups (broad SMARTS) is 1. The van der Waals surface area contributed by atoms with Crippen molar-refractivity contribution in [2.75, 3.05) is 0 Å². The molecule has 5 heteroatoms. The summed E-state index contributed by atoms with van der Waals surface area (Å²) in [5.74, 6) is -1.65. The first kappa shape index (κ1) is 8.94. The molecule has 2 bridgehead atoms. The lowest BCUT2D eigenvalue weighted by Gasteiger charge is -2.25. The molecule has 0 aromatic heterocycles. The third kappa shape index (κ3) is 0.844. The van der Waals surface area contributed by atoms with Gasteiger partial charge in [0, 0.05) is 5.92 Å². The van der Waals surface area contributed by atoms with Gasteiger partial charge in [-0.2, -0.15) is 0 Å². The molecule has 0 amide bonds. The Morgan fingerprint density at radius 2 is 2.21 bits per heavy atom. The number of carboxylic acids is 1. The number of hydrogen-bond acceptors (Lipinski definition) is 3. The molecule has 6 atom stereocenters. The maximum Gasteiger partial charge on any atom is 0.310 e. The van der Waals surface area contributed by atoms with Crippen LogP contribution >= 0.6 is 22.6 Å². The Morgan fingerprint density at radius 1 is 1.50 bits per heavy atom. The van der Waals surface area contributed by atoms with Crippen molar-refractivity contribution in [3.05, 3.63) is 0 Å². The molecule has 2 aliphatic carbocycles. The van der Waals surface area contributed by atoms with E-state index in [1.807, 2.05) is 0 Å². The zero-order chi connectivity index (χ0) is 10.0. The van der Waals surface area contributed by atoms with E-state index >= 15 is 0 Å². The van der Waals surface area contributed by atoms with Crippen LogP contribution in [0.2, 0.25) is 0 Å². The lowest BCUT2D eigenvalue weighted by molar-refractivity contribution is -0.151. The molecule has 3 fully saturated rings. The molecule has 0 aromatic carbocycles. The van der Waals surface area contributed by atoms with Gasteiger partial charge in [-0.15, -0.1) is 0 Å². The molecular weight excluding hydrogens is 299 g/mol. The second-order valence-corrected chi connectivity index (χ2v) is 5.74. The molecule has 1 saturated heterocycles. The van der Waals surface area contributed by atoms with Gasteiger partial charge in [0.1, 0.15) is 6.10 Å². The van der Waals surface area contributed by atoms with Crippen LogP contribution in [0.4, 0.5) is 0 Å². The second-order valence-electron chi connectivity index (χ2n) is 4.30. The normalized spacial score (nSPS) is 53.6. The van der Waals surface area contributed by atoms with Gasteiger partial charge in [0.05, 0.1) is 15.8 Å². The van der Waals surface area contributed by atoms with Crippen molar-refractivity contribution in [1.82, 2.24) is 0 Å². The average molecular weight is 308 g/mol. The standard InChI is InChI=1S/C9H9IO4/c10-6-2-1-3-5(4(2)8(11)12)9(13)14-7(3)6/h2-7H,1H2,(H,11,12)/t2-,3-,4-,5-,6+,7+/m1/s1. The number of fused-ring (bicyclic) bond motifs is 1. The van der Waals surface area contributed by atoms with Crippen LogP contribution in [-0.4, -0.2) is 27.1 Å². The van der Waals surface area contributed by atoms with E-state index in [4.69, 9.17) is 9.84 Å². The van der Waals surface area contributed by atoms with Gasteiger partial charge in [-0.25, -0.2) is 0 Å². The average Bonchev–Trinajstić information content (AvgIpc) is 2.67. The number of alkyl halides is 1. The van der Waals surface area contributed by atoms with E-state index in [0.29, 0.717) is 0 Å². The zero-order valence-corrected chi connectivity index (χ0v) is 9.38. The van der Waals surface area contributed by atoms with Gasteiger partial charge in [-0.3, -0.25) is 9.59 Å². The molecule has 0 spiro atoms. The summed E-state index contributed by atoms with van der Waals surface area (Å²) in [6.07, 6.45) is 0.847. The highest BCUT2D eigenvalue weighted by Crippen LogP contribution is 2.59. The van der Waals surface area contributed by atoms with Crippen molar-refractivity contribution in [2.45, 2.75) is 16.4 Å². The van der Waals surface area contributed by atoms with Crippen LogP contribution in [0.5, 0.6) is 0 Å². The highest BCUT2D eigenvalue weighted by atomic mass is 127. The van der Waals surface area contributed by atoms with Crippen molar-refractivity contribution in [2.24, 2.45) is 23.7 Å². The van der Waals surface area contributed by atoms with Crippen LogP contribution in [0.3, 0.4) is 0 Å². The van der Waals surface area contributed by atoms with Crippen LogP contribution in [0, 0.1) is 23.7 Å². The fourth-order valence-electron chi connectivity index (χ4n) is 3.31. The maximum absolute atomic E-state index is 11.5. The van der Waals surface area contributed by atoms with Gasteiger partial charge in [0.15, 0.2) is 0 Å². The Balaban J connectivity index is 2.04. The molecule has 3 aliphatic rings. The van der Waals surface area contributed by atoms with E-state index < -0.39 is 11.9 Å². The Labute approximate surface area is 94.1 Å². The van der Waals surface area contributed by atoms with Crippen LogP contribution < -0.4 is 0 Å². The molecular formula is C9H9IO4. The first-order valence-electron chi connectivity index (χ1n) is 4.68. The zero-order valence-electron chi connectivity index (χ0n) is 7.22. The largest absolute Gasteiger partial charge is 0.481 e. The quantitative estimate of drug-likeness (QED) is 0.440. The molecule has 4 nitrogen and oxygen atoms in total. The Kier molecular flexibility index (Phi) is 1.67. The molecule has 0 radical (unpaired) electrons. The van der Waals surface area contributed by atoms with E-state index in [2.05, 4.69) is 22.6 Å². The monoisotopic (exact) mass is 308 g/mol. The summed E-state index contributed by atoms with van der Waals surface area (Å²) in [6.45, 7) is 0. The number of carbonyl (C=O) groups excluding carboxylic acids is 1. The topological polar surface area (TPSA) is 63.6 Å². The molecule has 1 aliphatic heterocycles. The van der Waals surface area contributed by atoms with Gasteiger partial charge >= 0.3 is 11.9 Å². The SMILES string of the molecule is O=C(O)[C@@H]1[C@H]2C[C@H]3[C@H](OC(=O)[C@H]31)[C@H]2I. The summed E-state index contributed by atoms with van der Waals surface area (Å²) < 4.78 is 5.42. The summed E-state index contributed by atoms with van der Waals surface area (Å²) >= 11 is 2.23. The molecule has 2 saturated carbocycles. The van der Waals surface area contributed by atoms with E-state index in [-0.39, 0.29) is 33.8 Å². The van der Waals surface area contributed by atoms with Gasteiger partial charge in [-0.05, 0) is 12.3 Å². The van der Waals surface area contributed by atoms with Crippen molar-refractivity contribution >= 4 is 34.5 Å². The molecule has 76 valence electrons. The van der Waals surface area contributed by atoms with Crippen molar-refractivity contribution in [3.63, 3.8) is 0 Å². The van der Waals surface area contributed by atoms with Gasteiger partial charge in [0.25, 0.3) is 0 Å². The number of esters is 1. The lowest BCUT2D eigenvalue weighted by atomic mass is 9.80. The van der Waals surface area contributed by atoms with Gasteiger partial charge in [0.2, 0.25) is 0 Å². The smallest absolute Gasteiger partial charge is 0.310 e. The highest BCUT2D eigenvalue weighted by Gasteiger charge is 2.67. The summed E-state index contributed by atoms with van der Waals surface area (Å²) in [4.78, 5) is 22.5. The van der Waals surface area contributed by atoms with Gasteiger partial charge < -0.3 is 9.84 Å². The number of ether oxygens (including phenoxy) is 1. The maximum atomic E-state index is 11.5. The van der Waals surface area contributed by atoms with Crippen molar-refractivity contribution in [3.8, 4) is 0 Å². The molecule has 0 aromatic rings. The second kappa shape index (κ2) is 2.62. The minimum Gasteiger partial charge on any atom is -0.481 e. The first-order chi connectivity index (χ1) is 6.61. The number of halogens is 1. The molecule has 3 rings (SSSR count). The Hall–Kier alpha value is -0.330. The Morgan fingerprint density at radius 3 is 2.86 bits per heavy atom. The number of aliphatic carboxylic acids is 1. The summed E-state index contributed by atoms with van der Waals surface area (Å²) in [6, 6.07) is 0. The van der Waals surface area contributed by atoms with Crippen LogP contribution in [0.25, 0.3) is 0 Å². The molecule has 0 unspecified atom stereocenters. The fourth-order valence-corrected chi connectivity index (χ4v) is 4.73. The lowest BCUT2D eigenvalue weighted by Crippen LogP contribution is -2.37. The van der Waals surface area contributed by atoms with E-state index in [1.54, 1.807) is 0 Å². The molecule has 1 heterocycles. The predicted molar refractivity (Wildman–Crippen MR) is 53.9 cm³/mol. The highest BCUT2D eigenvalue weighted by molar-refractivity contribution is 14.1. The van der Waals surface area contributed by atoms with E-state index in [0.717, 1.165) is 6.42 Å². The minimum absolute atomic E-state index is 0.00583. The first-order valence-corrected chi connectivity index (χ1v) is 5.93. The molecule has 1 N–H and O–H groups in total. The molecule has 14 heavy (non-hydrogen) atoms. The number of carbonyl (C=O) groups is 2. The van der Waals surface area contributed by atoms with Gasteiger partial charge in [-0.1, -0.05) is 22.6 Å². The van der Waals surface area contributed by atoms with E-state index in [1.165, 1.54) is 0 Å². The number of rotatable bonds is 1. The predicted octanol–water partition coefficient (Wildman–Crippen LogP) is 0.682. The summed E-state index contributed by atoms with van der Waals surface area (Å²) in [5, 5.41) is 9.08. The summed E-state index contributed by atoms with van der Waals surface area (Å²) in [5.41, 5.74) is 0. The Bertz CT molecular complexity index is 329. The van der Waals surface area contributed by atoms with Crippen LogP contribution in [-0.2, 0) is 14.3 Å². The third-order valence-electron chi connectivity index (χ3n) is 3.81. The van der Waals surface area contributed by atoms with Crippen LogP contribution in [0.15, 0.2) is 0 Å². The third-order valence-corrected chi connectivity index (χ3v) is 5.44. The minimum atomic E-state index is -0.832. The van der Waals surface area contributed by atoms with Crippen molar-refractivity contribution < 1.29 is 19.4 Å². The fraction of sp³-hybridized carbons (Fsp3) is 0.778.